The van der Waals surface area contributed by atoms with E-state index < -0.39 is 0 Å². The molecule has 1 saturated heterocycles. The quantitative estimate of drug-likeness (QED) is 0.680. The van der Waals surface area contributed by atoms with Crippen molar-refractivity contribution in [2.24, 2.45) is 11.8 Å². The zero-order valence-electron chi connectivity index (χ0n) is 9.75. The Morgan fingerprint density at radius 1 is 1.21 bits per heavy atom. The second-order valence-corrected chi connectivity index (χ2v) is 4.27. The van der Waals surface area contributed by atoms with E-state index in [1.165, 1.54) is 0 Å². The van der Waals surface area contributed by atoms with Crippen LogP contribution in [-0.4, -0.2) is 39.0 Å². The van der Waals surface area contributed by atoms with Crippen LogP contribution in [0.2, 0.25) is 0 Å². The Morgan fingerprint density at radius 3 is 2.43 bits per heavy atom. The number of ether oxygens (including phenoxy) is 2. The molecule has 1 fully saturated rings. The molecule has 0 aromatic heterocycles. The van der Waals surface area contributed by atoms with Gasteiger partial charge < -0.3 is 14.8 Å². The van der Waals surface area contributed by atoms with Crippen LogP contribution in [0.3, 0.4) is 0 Å². The molecule has 0 amide bonds. The van der Waals surface area contributed by atoms with Gasteiger partial charge in [0.15, 0.2) is 0 Å². The third-order valence-electron chi connectivity index (χ3n) is 3.31. The van der Waals surface area contributed by atoms with Gasteiger partial charge in [0.05, 0.1) is 18.8 Å². The van der Waals surface area contributed by atoms with Crippen molar-refractivity contribution in [3.63, 3.8) is 0 Å². The monoisotopic (exact) mass is 201 g/mol. The van der Waals surface area contributed by atoms with Crippen molar-refractivity contribution in [1.29, 1.82) is 0 Å². The van der Waals surface area contributed by atoms with Crippen molar-refractivity contribution in [2.45, 2.75) is 33.0 Å². The van der Waals surface area contributed by atoms with Crippen molar-refractivity contribution in [3.8, 4) is 0 Å². The maximum Gasteiger partial charge on any atom is 0.0594 e. The molecule has 0 aromatic rings. The van der Waals surface area contributed by atoms with Gasteiger partial charge in [0.25, 0.3) is 0 Å². The Balaban J connectivity index is 2.22. The van der Waals surface area contributed by atoms with Crippen LogP contribution in [0, 0.1) is 11.8 Å². The summed E-state index contributed by atoms with van der Waals surface area (Å²) in [4.78, 5) is 0. The average molecular weight is 201 g/mol. The van der Waals surface area contributed by atoms with Gasteiger partial charge in [-0.15, -0.1) is 0 Å². The molecule has 0 radical (unpaired) electrons. The lowest BCUT2D eigenvalue weighted by molar-refractivity contribution is 0.0510. The van der Waals surface area contributed by atoms with Gasteiger partial charge in [-0.05, 0) is 19.8 Å². The van der Waals surface area contributed by atoms with Gasteiger partial charge in [0.2, 0.25) is 0 Å². The molecule has 84 valence electrons. The minimum Gasteiger partial charge on any atom is -0.383 e. The van der Waals surface area contributed by atoms with E-state index >= 15 is 0 Å². The van der Waals surface area contributed by atoms with Crippen molar-refractivity contribution in [2.75, 3.05) is 26.8 Å². The summed E-state index contributed by atoms with van der Waals surface area (Å²) in [7, 11) is 1.73. The molecular weight excluding hydrogens is 178 g/mol. The Bertz CT molecular complexity index is 163. The van der Waals surface area contributed by atoms with Crippen LogP contribution in [0.1, 0.15) is 20.8 Å². The SMILES string of the molecule is COCCNCC1C(C)OC(C)C1C. The zero-order valence-corrected chi connectivity index (χ0v) is 9.75. The summed E-state index contributed by atoms with van der Waals surface area (Å²) in [5.74, 6) is 1.29. The third-order valence-corrected chi connectivity index (χ3v) is 3.31. The fraction of sp³-hybridized carbons (Fsp3) is 1.00. The first kappa shape index (κ1) is 12.0. The second kappa shape index (κ2) is 5.69. The van der Waals surface area contributed by atoms with E-state index in [0.717, 1.165) is 19.7 Å². The van der Waals surface area contributed by atoms with Crippen LogP contribution in [-0.2, 0) is 9.47 Å². The summed E-state index contributed by atoms with van der Waals surface area (Å²) in [5.41, 5.74) is 0. The number of hydrogen-bond acceptors (Lipinski definition) is 3. The fourth-order valence-electron chi connectivity index (χ4n) is 2.13. The smallest absolute Gasteiger partial charge is 0.0594 e. The Kier molecular flexibility index (Phi) is 4.85. The lowest BCUT2D eigenvalue weighted by Crippen LogP contribution is -2.32. The summed E-state index contributed by atoms with van der Waals surface area (Å²) < 4.78 is 10.8. The number of methoxy groups -OCH3 is 1. The molecule has 0 bridgehead atoms. The highest BCUT2D eigenvalue weighted by Crippen LogP contribution is 2.31. The highest BCUT2D eigenvalue weighted by molar-refractivity contribution is 4.84. The first-order chi connectivity index (χ1) is 6.66. The van der Waals surface area contributed by atoms with Gasteiger partial charge in [-0.25, -0.2) is 0 Å². The summed E-state index contributed by atoms with van der Waals surface area (Å²) in [6.07, 6.45) is 0.786. The fourth-order valence-corrected chi connectivity index (χ4v) is 2.13. The predicted molar refractivity (Wildman–Crippen MR) is 57.4 cm³/mol. The molecule has 1 N–H and O–H groups in total. The second-order valence-electron chi connectivity index (χ2n) is 4.27. The molecule has 3 nitrogen and oxygen atoms in total. The lowest BCUT2D eigenvalue weighted by Gasteiger charge is -2.18. The molecule has 1 aliphatic heterocycles. The standard InChI is InChI=1S/C11H23NO2/c1-8-9(2)14-10(3)11(8)7-12-5-6-13-4/h8-12H,5-7H2,1-4H3. The minimum atomic E-state index is 0.384. The first-order valence-corrected chi connectivity index (χ1v) is 5.52. The maximum absolute atomic E-state index is 5.77. The lowest BCUT2D eigenvalue weighted by atomic mass is 9.89. The molecular formula is C11H23NO2. The summed E-state index contributed by atoms with van der Waals surface area (Å²) in [6.45, 7) is 9.36. The first-order valence-electron chi connectivity index (χ1n) is 5.52. The van der Waals surface area contributed by atoms with E-state index in [2.05, 4.69) is 26.1 Å². The van der Waals surface area contributed by atoms with E-state index in [4.69, 9.17) is 9.47 Å². The van der Waals surface area contributed by atoms with Crippen LogP contribution in [0.15, 0.2) is 0 Å². The molecule has 0 aliphatic carbocycles. The number of rotatable bonds is 5. The molecule has 0 spiro atoms. The van der Waals surface area contributed by atoms with Crippen molar-refractivity contribution in [3.05, 3.63) is 0 Å². The van der Waals surface area contributed by atoms with Gasteiger partial charge >= 0.3 is 0 Å². The molecule has 1 heterocycles. The highest BCUT2D eigenvalue weighted by atomic mass is 16.5. The summed E-state index contributed by atoms with van der Waals surface area (Å²) in [6, 6.07) is 0. The molecule has 14 heavy (non-hydrogen) atoms. The van der Waals surface area contributed by atoms with Gasteiger partial charge in [-0.2, -0.15) is 0 Å². The maximum atomic E-state index is 5.77. The molecule has 4 unspecified atom stereocenters. The van der Waals surface area contributed by atoms with Crippen LogP contribution in [0.25, 0.3) is 0 Å². The van der Waals surface area contributed by atoms with Crippen molar-refractivity contribution >= 4 is 0 Å². The normalized spacial score (nSPS) is 37.7. The number of hydrogen-bond donors (Lipinski definition) is 1. The predicted octanol–water partition coefficient (Wildman–Crippen LogP) is 1.28. The van der Waals surface area contributed by atoms with Crippen LogP contribution in [0.5, 0.6) is 0 Å². The highest BCUT2D eigenvalue weighted by Gasteiger charge is 2.36. The molecule has 4 atom stereocenters. The molecule has 3 heteroatoms. The van der Waals surface area contributed by atoms with Gasteiger partial charge in [-0.1, -0.05) is 6.92 Å². The topological polar surface area (TPSA) is 30.5 Å². The van der Waals surface area contributed by atoms with Crippen LogP contribution in [0.4, 0.5) is 0 Å². The van der Waals surface area contributed by atoms with Crippen molar-refractivity contribution in [1.82, 2.24) is 5.32 Å². The van der Waals surface area contributed by atoms with Crippen LogP contribution < -0.4 is 5.32 Å². The molecule has 0 saturated carbocycles. The average Bonchev–Trinajstić information content (AvgIpc) is 2.38. The summed E-state index contributed by atoms with van der Waals surface area (Å²) >= 11 is 0. The number of nitrogens with one attached hydrogen (secondary N) is 1. The Morgan fingerprint density at radius 2 is 1.93 bits per heavy atom. The van der Waals surface area contributed by atoms with Gasteiger partial charge in [0.1, 0.15) is 0 Å². The Hall–Kier alpha value is -0.120. The largest absolute Gasteiger partial charge is 0.383 e. The van der Waals surface area contributed by atoms with E-state index in [1.807, 2.05) is 0 Å². The Labute approximate surface area is 87.2 Å². The zero-order chi connectivity index (χ0) is 10.6. The molecule has 0 aromatic carbocycles. The molecule has 1 aliphatic rings. The van der Waals surface area contributed by atoms with Gasteiger partial charge in [0, 0.05) is 26.1 Å². The third kappa shape index (κ3) is 2.94. The van der Waals surface area contributed by atoms with Crippen molar-refractivity contribution < 1.29 is 9.47 Å². The molecule has 1 rings (SSSR count). The van der Waals surface area contributed by atoms with Crippen LogP contribution >= 0.6 is 0 Å². The summed E-state index contributed by atoms with van der Waals surface area (Å²) in [5, 5.41) is 3.40. The minimum absolute atomic E-state index is 0.384. The van der Waals surface area contributed by atoms with E-state index in [-0.39, 0.29) is 0 Å². The van der Waals surface area contributed by atoms with Gasteiger partial charge in [-0.3, -0.25) is 0 Å². The van der Waals surface area contributed by atoms with E-state index in [9.17, 15) is 0 Å². The van der Waals surface area contributed by atoms with E-state index in [0.29, 0.717) is 24.0 Å². The van der Waals surface area contributed by atoms with E-state index in [1.54, 1.807) is 7.11 Å².